The third-order valence-corrected chi connectivity index (χ3v) is 4.59. The average molecular weight is 298 g/mol. The predicted molar refractivity (Wildman–Crippen MR) is 88.3 cm³/mol. The van der Waals surface area contributed by atoms with Crippen molar-refractivity contribution < 1.29 is 4.79 Å². The van der Waals surface area contributed by atoms with E-state index in [2.05, 4.69) is 29.0 Å². The van der Waals surface area contributed by atoms with E-state index in [1.807, 2.05) is 6.92 Å². The van der Waals surface area contributed by atoms with Gasteiger partial charge in [-0.05, 0) is 45.7 Å². The molecule has 1 saturated heterocycles. The summed E-state index contributed by atoms with van der Waals surface area (Å²) in [7, 11) is 0. The SMILES string of the molecule is CCC(CC)NC(=O)C(C)N1CCN(CCCCN)CC1. The van der Waals surface area contributed by atoms with E-state index >= 15 is 0 Å². The van der Waals surface area contributed by atoms with Crippen molar-refractivity contribution in [1.82, 2.24) is 15.1 Å². The van der Waals surface area contributed by atoms with Crippen molar-refractivity contribution in [3.8, 4) is 0 Å². The third-order valence-electron chi connectivity index (χ3n) is 4.59. The summed E-state index contributed by atoms with van der Waals surface area (Å²) in [5.74, 6) is 0.181. The minimum Gasteiger partial charge on any atom is -0.352 e. The average Bonchev–Trinajstić information content (AvgIpc) is 2.52. The molecule has 5 heteroatoms. The van der Waals surface area contributed by atoms with Gasteiger partial charge >= 0.3 is 0 Å². The van der Waals surface area contributed by atoms with Gasteiger partial charge < -0.3 is 16.0 Å². The van der Waals surface area contributed by atoms with Crippen LogP contribution in [0, 0.1) is 0 Å². The Balaban J connectivity index is 2.30. The molecule has 124 valence electrons. The van der Waals surface area contributed by atoms with Crippen molar-refractivity contribution in [3.63, 3.8) is 0 Å². The Labute approximate surface area is 130 Å². The minimum atomic E-state index is -0.0169. The molecule has 0 saturated carbocycles. The largest absolute Gasteiger partial charge is 0.352 e. The topological polar surface area (TPSA) is 61.6 Å². The van der Waals surface area contributed by atoms with Crippen LogP contribution >= 0.6 is 0 Å². The molecule has 0 spiro atoms. The normalized spacial score (nSPS) is 18.9. The zero-order chi connectivity index (χ0) is 15.7. The molecule has 1 fully saturated rings. The highest BCUT2D eigenvalue weighted by Gasteiger charge is 2.26. The van der Waals surface area contributed by atoms with Crippen LogP contribution in [0.15, 0.2) is 0 Å². The molecule has 0 aliphatic carbocycles. The van der Waals surface area contributed by atoms with Crippen LogP contribution in [0.3, 0.4) is 0 Å². The second kappa shape index (κ2) is 10.1. The molecule has 3 N–H and O–H groups in total. The molecule has 0 aromatic carbocycles. The van der Waals surface area contributed by atoms with Crippen molar-refractivity contribution >= 4 is 5.91 Å². The van der Waals surface area contributed by atoms with E-state index in [9.17, 15) is 4.79 Å². The molecule has 1 amide bonds. The summed E-state index contributed by atoms with van der Waals surface area (Å²) in [6, 6.07) is 0.300. The van der Waals surface area contributed by atoms with Crippen LogP contribution < -0.4 is 11.1 Å². The molecule has 1 aliphatic heterocycles. The predicted octanol–water partition coefficient (Wildman–Crippen LogP) is 1.04. The third kappa shape index (κ3) is 6.32. The highest BCUT2D eigenvalue weighted by atomic mass is 16.2. The Bertz CT molecular complexity index is 286. The van der Waals surface area contributed by atoms with Gasteiger partial charge in [-0.2, -0.15) is 0 Å². The number of rotatable bonds is 9. The quantitative estimate of drug-likeness (QED) is 0.624. The Morgan fingerprint density at radius 1 is 1.14 bits per heavy atom. The van der Waals surface area contributed by atoms with E-state index in [1.54, 1.807) is 0 Å². The van der Waals surface area contributed by atoms with E-state index in [0.29, 0.717) is 6.04 Å². The summed E-state index contributed by atoms with van der Waals surface area (Å²) >= 11 is 0. The monoisotopic (exact) mass is 298 g/mol. The lowest BCUT2D eigenvalue weighted by Gasteiger charge is -2.37. The highest BCUT2D eigenvalue weighted by Crippen LogP contribution is 2.08. The summed E-state index contributed by atoms with van der Waals surface area (Å²) in [6.45, 7) is 12.3. The molecule has 1 unspecified atom stereocenters. The summed E-state index contributed by atoms with van der Waals surface area (Å²) in [6.07, 6.45) is 4.30. The molecular weight excluding hydrogens is 264 g/mol. The van der Waals surface area contributed by atoms with Crippen LogP contribution in [0.4, 0.5) is 0 Å². The van der Waals surface area contributed by atoms with Gasteiger partial charge in [0.05, 0.1) is 6.04 Å². The number of amides is 1. The summed E-state index contributed by atoms with van der Waals surface area (Å²) in [4.78, 5) is 17.1. The van der Waals surface area contributed by atoms with E-state index in [1.165, 1.54) is 6.42 Å². The maximum absolute atomic E-state index is 12.3. The molecule has 5 nitrogen and oxygen atoms in total. The maximum Gasteiger partial charge on any atom is 0.237 e. The van der Waals surface area contributed by atoms with Crippen LogP contribution in [-0.2, 0) is 4.79 Å². The fourth-order valence-electron chi connectivity index (χ4n) is 2.83. The first-order chi connectivity index (χ1) is 10.1. The zero-order valence-corrected chi connectivity index (χ0v) is 14.1. The van der Waals surface area contributed by atoms with Gasteiger partial charge in [0.25, 0.3) is 0 Å². The molecule has 1 atom stereocenters. The van der Waals surface area contributed by atoms with Crippen molar-refractivity contribution in [2.45, 2.75) is 58.5 Å². The Morgan fingerprint density at radius 3 is 2.29 bits per heavy atom. The van der Waals surface area contributed by atoms with Gasteiger partial charge in [-0.1, -0.05) is 13.8 Å². The van der Waals surface area contributed by atoms with Crippen LogP contribution in [0.25, 0.3) is 0 Å². The van der Waals surface area contributed by atoms with Gasteiger partial charge in [0.1, 0.15) is 0 Å². The fourth-order valence-corrected chi connectivity index (χ4v) is 2.83. The lowest BCUT2D eigenvalue weighted by atomic mass is 10.1. The molecule has 0 bridgehead atoms. The first-order valence-corrected chi connectivity index (χ1v) is 8.59. The van der Waals surface area contributed by atoms with E-state index in [4.69, 9.17) is 5.73 Å². The van der Waals surface area contributed by atoms with Gasteiger partial charge in [0.15, 0.2) is 0 Å². The molecule has 0 aromatic heterocycles. The van der Waals surface area contributed by atoms with Gasteiger partial charge in [-0.25, -0.2) is 0 Å². The molecule has 1 rings (SSSR count). The number of piperazine rings is 1. The number of hydrogen-bond donors (Lipinski definition) is 2. The lowest BCUT2D eigenvalue weighted by Crippen LogP contribution is -2.55. The van der Waals surface area contributed by atoms with Crippen LogP contribution in [-0.4, -0.2) is 67.1 Å². The van der Waals surface area contributed by atoms with E-state index < -0.39 is 0 Å². The van der Waals surface area contributed by atoms with Crippen molar-refractivity contribution in [3.05, 3.63) is 0 Å². The van der Waals surface area contributed by atoms with Gasteiger partial charge in [0, 0.05) is 32.2 Å². The standard InChI is InChI=1S/C16H34N4O/c1-4-15(5-2)18-16(21)14(3)20-12-10-19(11-13-20)9-7-6-8-17/h14-15H,4-13,17H2,1-3H3,(H,18,21). The van der Waals surface area contributed by atoms with Gasteiger partial charge in [-0.15, -0.1) is 0 Å². The molecule has 1 aliphatic rings. The molecular formula is C16H34N4O. The van der Waals surface area contributed by atoms with Crippen molar-refractivity contribution in [2.75, 3.05) is 39.3 Å². The number of unbranched alkanes of at least 4 members (excludes halogenated alkanes) is 1. The first-order valence-electron chi connectivity index (χ1n) is 8.59. The van der Waals surface area contributed by atoms with Crippen LogP contribution in [0.1, 0.15) is 46.5 Å². The Hall–Kier alpha value is -0.650. The number of carbonyl (C=O) groups excluding carboxylic acids is 1. The second-order valence-corrected chi connectivity index (χ2v) is 6.07. The highest BCUT2D eigenvalue weighted by molar-refractivity contribution is 5.81. The zero-order valence-electron chi connectivity index (χ0n) is 14.1. The van der Waals surface area contributed by atoms with Gasteiger partial charge in [-0.3, -0.25) is 9.69 Å². The van der Waals surface area contributed by atoms with Crippen LogP contribution in [0.5, 0.6) is 0 Å². The van der Waals surface area contributed by atoms with Crippen molar-refractivity contribution in [1.29, 1.82) is 0 Å². The molecule has 21 heavy (non-hydrogen) atoms. The molecule has 0 radical (unpaired) electrons. The fraction of sp³-hybridized carbons (Fsp3) is 0.938. The maximum atomic E-state index is 12.3. The number of hydrogen-bond acceptors (Lipinski definition) is 4. The number of nitrogens with two attached hydrogens (primary N) is 1. The smallest absolute Gasteiger partial charge is 0.237 e. The van der Waals surface area contributed by atoms with Crippen LogP contribution in [0.2, 0.25) is 0 Å². The second-order valence-electron chi connectivity index (χ2n) is 6.07. The summed E-state index contributed by atoms with van der Waals surface area (Å²) < 4.78 is 0. The Morgan fingerprint density at radius 2 is 1.76 bits per heavy atom. The number of carbonyl (C=O) groups is 1. The minimum absolute atomic E-state index is 0.0169. The first kappa shape index (κ1) is 18.4. The molecule has 0 aromatic rings. The molecule has 1 heterocycles. The number of nitrogens with one attached hydrogen (secondary N) is 1. The van der Waals surface area contributed by atoms with Gasteiger partial charge in [0.2, 0.25) is 5.91 Å². The lowest BCUT2D eigenvalue weighted by molar-refractivity contribution is -0.127. The van der Waals surface area contributed by atoms with E-state index in [-0.39, 0.29) is 11.9 Å². The van der Waals surface area contributed by atoms with Crippen molar-refractivity contribution in [2.24, 2.45) is 5.73 Å². The summed E-state index contributed by atoms with van der Waals surface area (Å²) in [5.41, 5.74) is 5.53. The Kier molecular flexibility index (Phi) is 8.88. The van der Waals surface area contributed by atoms with E-state index in [0.717, 1.165) is 58.5 Å². The summed E-state index contributed by atoms with van der Waals surface area (Å²) in [5, 5.41) is 3.16. The number of nitrogens with zero attached hydrogens (tertiary/aromatic N) is 2.